The van der Waals surface area contributed by atoms with Crippen LogP contribution in [0.1, 0.15) is 38.5 Å². The van der Waals surface area contributed by atoms with E-state index in [1.807, 2.05) is 4.90 Å². The van der Waals surface area contributed by atoms with Gasteiger partial charge in [0.2, 0.25) is 5.91 Å². The number of carbonyl (C=O) groups excluding carboxylic acids is 1. The summed E-state index contributed by atoms with van der Waals surface area (Å²) in [6.07, 6.45) is 6.04. The first-order valence-electron chi connectivity index (χ1n) is 6.28. The lowest BCUT2D eigenvalue weighted by molar-refractivity contribution is -0.132. The summed E-state index contributed by atoms with van der Waals surface area (Å²) in [5.41, 5.74) is 5.42. The summed E-state index contributed by atoms with van der Waals surface area (Å²) in [5, 5.41) is 0. The second kappa shape index (κ2) is 7.63. The van der Waals surface area contributed by atoms with Crippen molar-refractivity contribution in [3.05, 3.63) is 0 Å². The second-order valence-electron chi connectivity index (χ2n) is 4.41. The normalized spacial score (nSPS) is 15.1. The first kappa shape index (κ1) is 13.5. The lowest BCUT2D eigenvalue weighted by atomic mass is 10.2. The Morgan fingerprint density at radius 3 is 2.69 bits per heavy atom. The van der Waals surface area contributed by atoms with E-state index in [4.69, 9.17) is 10.5 Å². The van der Waals surface area contributed by atoms with Crippen LogP contribution in [0.2, 0.25) is 0 Å². The van der Waals surface area contributed by atoms with Crippen molar-refractivity contribution in [3.8, 4) is 0 Å². The van der Waals surface area contributed by atoms with Crippen molar-refractivity contribution >= 4 is 5.91 Å². The molecule has 0 saturated heterocycles. The minimum Gasteiger partial charge on any atom is -0.383 e. The molecule has 0 aliphatic heterocycles. The maximum absolute atomic E-state index is 11.9. The van der Waals surface area contributed by atoms with Crippen LogP contribution in [-0.4, -0.2) is 43.7 Å². The molecule has 2 N–H and O–H groups in total. The monoisotopic (exact) mass is 228 g/mol. The fourth-order valence-electron chi connectivity index (χ4n) is 1.83. The van der Waals surface area contributed by atoms with Gasteiger partial charge in [0.25, 0.3) is 0 Å². The molecular weight excluding hydrogens is 204 g/mol. The Morgan fingerprint density at radius 1 is 1.38 bits per heavy atom. The van der Waals surface area contributed by atoms with E-state index in [1.165, 1.54) is 0 Å². The quantitative estimate of drug-likeness (QED) is 0.602. The molecular formula is C12H24N2O2. The topological polar surface area (TPSA) is 55.6 Å². The molecule has 1 fully saturated rings. The molecule has 4 heteroatoms. The molecule has 16 heavy (non-hydrogen) atoms. The zero-order valence-electron chi connectivity index (χ0n) is 10.3. The van der Waals surface area contributed by atoms with E-state index >= 15 is 0 Å². The van der Waals surface area contributed by atoms with Gasteiger partial charge in [0, 0.05) is 26.1 Å². The third-order valence-electron chi connectivity index (χ3n) is 2.94. The number of nitrogens with zero attached hydrogens (tertiary/aromatic N) is 1. The molecule has 0 spiro atoms. The summed E-state index contributed by atoms with van der Waals surface area (Å²) in [7, 11) is 1.68. The fraction of sp³-hybridized carbons (Fsp3) is 0.917. The molecule has 0 aromatic carbocycles. The van der Waals surface area contributed by atoms with Crippen LogP contribution in [0.3, 0.4) is 0 Å². The number of hydrogen-bond donors (Lipinski definition) is 1. The molecule has 0 heterocycles. The summed E-state index contributed by atoms with van der Waals surface area (Å²) in [4.78, 5) is 13.9. The van der Waals surface area contributed by atoms with Crippen LogP contribution in [0.25, 0.3) is 0 Å². The van der Waals surface area contributed by atoms with E-state index in [0.717, 1.165) is 45.2 Å². The van der Waals surface area contributed by atoms with E-state index < -0.39 is 0 Å². The molecule has 1 aliphatic carbocycles. The highest BCUT2D eigenvalue weighted by Gasteiger charge is 2.31. The molecule has 4 nitrogen and oxygen atoms in total. The Bertz CT molecular complexity index is 205. The van der Waals surface area contributed by atoms with Gasteiger partial charge in [-0.15, -0.1) is 0 Å². The van der Waals surface area contributed by atoms with Crippen molar-refractivity contribution in [2.75, 3.05) is 26.8 Å². The molecule has 0 atom stereocenters. The van der Waals surface area contributed by atoms with Crippen LogP contribution in [-0.2, 0) is 9.53 Å². The van der Waals surface area contributed by atoms with Crippen molar-refractivity contribution in [2.45, 2.75) is 44.6 Å². The third-order valence-corrected chi connectivity index (χ3v) is 2.94. The average molecular weight is 228 g/mol. The molecule has 1 aliphatic rings. The van der Waals surface area contributed by atoms with E-state index in [-0.39, 0.29) is 5.91 Å². The van der Waals surface area contributed by atoms with E-state index in [9.17, 15) is 4.79 Å². The zero-order valence-corrected chi connectivity index (χ0v) is 10.3. The highest BCUT2D eigenvalue weighted by molar-refractivity contribution is 5.76. The van der Waals surface area contributed by atoms with Crippen molar-refractivity contribution in [3.63, 3.8) is 0 Å². The molecule has 0 unspecified atom stereocenters. The SMILES string of the molecule is COCCN(C(=O)CCCCCN)C1CC1. The Balaban J connectivity index is 2.19. The van der Waals surface area contributed by atoms with E-state index in [1.54, 1.807) is 7.11 Å². The Kier molecular flexibility index (Phi) is 6.42. The largest absolute Gasteiger partial charge is 0.383 e. The smallest absolute Gasteiger partial charge is 0.222 e. The maximum atomic E-state index is 11.9. The van der Waals surface area contributed by atoms with Crippen LogP contribution in [0.5, 0.6) is 0 Å². The van der Waals surface area contributed by atoms with Crippen molar-refractivity contribution in [1.82, 2.24) is 4.90 Å². The van der Waals surface area contributed by atoms with Gasteiger partial charge in [-0.25, -0.2) is 0 Å². The molecule has 1 amide bonds. The van der Waals surface area contributed by atoms with Crippen molar-refractivity contribution in [1.29, 1.82) is 0 Å². The average Bonchev–Trinajstić information content (AvgIpc) is 3.09. The first-order valence-corrected chi connectivity index (χ1v) is 6.28. The summed E-state index contributed by atoms with van der Waals surface area (Å²) in [5.74, 6) is 0.288. The van der Waals surface area contributed by atoms with Crippen molar-refractivity contribution < 1.29 is 9.53 Å². The minimum absolute atomic E-state index is 0.288. The first-order chi connectivity index (χ1) is 7.79. The number of ether oxygens (including phenoxy) is 1. The van der Waals surface area contributed by atoms with Crippen LogP contribution >= 0.6 is 0 Å². The van der Waals surface area contributed by atoms with E-state index in [2.05, 4.69) is 0 Å². The third kappa shape index (κ3) is 4.94. The molecule has 0 bridgehead atoms. The van der Waals surface area contributed by atoms with Gasteiger partial charge < -0.3 is 15.4 Å². The summed E-state index contributed by atoms with van der Waals surface area (Å²) >= 11 is 0. The number of carbonyl (C=O) groups is 1. The number of unbranched alkanes of at least 4 members (excludes halogenated alkanes) is 2. The summed E-state index contributed by atoms with van der Waals surface area (Å²) in [6.45, 7) is 2.12. The molecule has 0 aromatic rings. The Hall–Kier alpha value is -0.610. The molecule has 0 aromatic heterocycles. The van der Waals surface area contributed by atoms with Gasteiger partial charge in [0.1, 0.15) is 0 Å². The van der Waals surface area contributed by atoms with E-state index in [0.29, 0.717) is 19.1 Å². The van der Waals surface area contributed by atoms with Gasteiger partial charge in [0.15, 0.2) is 0 Å². The number of rotatable bonds is 9. The highest BCUT2D eigenvalue weighted by atomic mass is 16.5. The molecule has 0 radical (unpaired) electrons. The lowest BCUT2D eigenvalue weighted by Crippen LogP contribution is -2.35. The standard InChI is InChI=1S/C12H24N2O2/c1-16-10-9-14(11-6-7-11)12(15)5-3-2-4-8-13/h11H,2-10,13H2,1H3. The van der Waals surface area contributed by atoms with Gasteiger partial charge in [-0.05, 0) is 32.2 Å². The number of nitrogens with two attached hydrogens (primary N) is 1. The van der Waals surface area contributed by atoms with Crippen molar-refractivity contribution in [2.24, 2.45) is 5.73 Å². The summed E-state index contributed by atoms with van der Waals surface area (Å²) < 4.78 is 5.03. The molecule has 1 rings (SSSR count). The minimum atomic E-state index is 0.288. The second-order valence-corrected chi connectivity index (χ2v) is 4.41. The highest BCUT2D eigenvalue weighted by Crippen LogP contribution is 2.27. The summed E-state index contributed by atoms with van der Waals surface area (Å²) in [6, 6.07) is 0.497. The van der Waals surface area contributed by atoms with Gasteiger partial charge >= 0.3 is 0 Å². The molecule has 94 valence electrons. The Morgan fingerprint density at radius 2 is 2.12 bits per heavy atom. The van der Waals surface area contributed by atoms with Crippen LogP contribution < -0.4 is 5.73 Å². The number of amides is 1. The zero-order chi connectivity index (χ0) is 11.8. The number of hydrogen-bond acceptors (Lipinski definition) is 3. The Labute approximate surface area is 98.1 Å². The maximum Gasteiger partial charge on any atom is 0.222 e. The van der Waals surface area contributed by atoms with Gasteiger partial charge in [-0.1, -0.05) is 6.42 Å². The predicted octanol–water partition coefficient (Wildman–Crippen LogP) is 1.14. The van der Waals surface area contributed by atoms with Crippen LogP contribution in [0.4, 0.5) is 0 Å². The van der Waals surface area contributed by atoms with Crippen LogP contribution in [0, 0.1) is 0 Å². The molecule has 1 saturated carbocycles. The number of methoxy groups -OCH3 is 1. The fourth-order valence-corrected chi connectivity index (χ4v) is 1.83. The lowest BCUT2D eigenvalue weighted by Gasteiger charge is -2.22. The van der Waals surface area contributed by atoms with Gasteiger partial charge in [0.05, 0.1) is 6.61 Å². The van der Waals surface area contributed by atoms with Crippen LogP contribution in [0.15, 0.2) is 0 Å². The predicted molar refractivity (Wildman–Crippen MR) is 64.1 cm³/mol. The van der Waals surface area contributed by atoms with Gasteiger partial charge in [-0.2, -0.15) is 0 Å². The van der Waals surface area contributed by atoms with Gasteiger partial charge in [-0.3, -0.25) is 4.79 Å².